The van der Waals surface area contributed by atoms with E-state index in [-0.39, 0.29) is 6.04 Å². The predicted molar refractivity (Wildman–Crippen MR) is 68.4 cm³/mol. The molecule has 0 heterocycles. The molecule has 1 rings (SSSR count). The van der Waals surface area contributed by atoms with Gasteiger partial charge in [0.1, 0.15) is 0 Å². The Morgan fingerprint density at radius 1 is 1.38 bits per heavy atom. The Balaban J connectivity index is 2.40. The number of aliphatic hydroxyl groups excluding tert-OH is 1. The van der Waals surface area contributed by atoms with Crippen LogP contribution in [0, 0.1) is 0 Å². The molecule has 3 nitrogen and oxygen atoms in total. The van der Waals surface area contributed by atoms with Crippen LogP contribution in [0.3, 0.4) is 0 Å². The van der Waals surface area contributed by atoms with Gasteiger partial charge in [-0.05, 0) is 24.6 Å². The van der Waals surface area contributed by atoms with E-state index < -0.39 is 6.10 Å². The zero-order chi connectivity index (χ0) is 12.0. The van der Waals surface area contributed by atoms with Crippen molar-refractivity contribution in [2.75, 3.05) is 20.3 Å². The van der Waals surface area contributed by atoms with Crippen molar-refractivity contribution in [3.63, 3.8) is 0 Å². The zero-order valence-electron chi connectivity index (χ0n) is 9.61. The van der Waals surface area contributed by atoms with Gasteiger partial charge in [0.25, 0.3) is 0 Å². The fourth-order valence-electron chi connectivity index (χ4n) is 1.43. The molecule has 2 N–H and O–H groups in total. The summed E-state index contributed by atoms with van der Waals surface area (Å²) in [5, 5.41) is 12.8. The van der Waals surface area contributed by atoms with E-state index >= 15 is 0 Å². The van der Waals surface area contributed by atoms with Gasteiger partial charge in [0.15, 0.2) is 0 Å². The van der Waals surface area contributed by atoms with Crippen molar-refractivity contribution in [2.24, 2.45) is 0 Å². The summed E-state index contributed by atoms with van der Waals surface area (Å²) in [7, 11) is 1.58. The number of hydrogen-bond donors (Lipinski definition) is 2. The summed E-state index contributed by atoms with van der Waals surface area (Å²) in [5.41, 5.74) is 1.20. The molecule has 16 heavy (non-hydrogen) atoms. The van der Waals surface area contributed by atoms with Crippen LogP contribution in [-0.4, -0.2) is 31.5 Å². The van der Waals surface area contributed by atoms with E-state index in [9.17, 15) is 5.11 Å². The SMILES string of the molecule is COCC(O)CN[C@H](C)c1ccc(Br)cc1. The minimum absolute atomic E-state index is 0.222. The van der Waals surface area contributed by atoms with Gasteiger partial charge in [-0.25, -0.2) is 0 Å². The van der Waals surface area contributed by atoms with E-state index in [0.717, 1.165) is 4.47 Å². The number of benzene rings is 1. The van der Waals surface area contributed by atoms with Gasteiger partial charge in [-0.2, -0.15) is 0 Å². The number of hydrogen-bond acceptors (Lipinski definition) is 3. The molecule has 0 amide bonds. The fraction of sp³-hybridized carbons (Fsp3) is 0.500. The van der Waals surface area contributed by atoms with Crippen LogP contribution in [0.2, 0.25) is 0 Å². The molecular weight excluding hydrogens is 270 g/mol. The topological polar surface area (TPSA) is 41.5 Å². The summed E-state index contributed by atoms with van der Waals surface area (Å²) in [6.45, 7) is 2.97. The zero-order valence-corrected chi connectivity index (χ0v) is 11.2. The van der Waals surface area contributed by atoms with Gasteiger partial charge in [-0.15, -0.1) is 0 Å². The molecule has 0 aliphatic carbocycles. The maximum absolute atomic E-state index is 9.49. The molecule has 1 unspecified atom stereocenters. The summed E-state index contributed by atoms with van der Waals surface area (Å²) < 4.78 is 5.93. The second-order valence-corrected chi connectivity index (χ2v) is 4.71. The van der Waals surface area contributed by atoms with E-state index in [2.05, 4.69) is 40.3 Å². The van der Waals surface area contributed by atoms with Crippen molar-refractivity contribution in [1.82, 2.24) is 5.32 Å². The van der Waals surface area contributed by atoms with Gasteiger partial charge in [-0.3, -0.25) is 0 Å². The summed E-state index contributed by atoms with van der Waals surface area (Å²) in [6.07, 6.45) is -0.456. The van der Waals surface area contributed by atoms with E-state index in [1.54, 1.807) is 7.11 Å². The smallest absolute Gasteiger partial charge is 0.0897 e. The first-order chi connectivity index (χ1) is 7.63. The second-order valence-electron chi connectivity index (χ2n) is 3.79. The molecule has 0 saturated heterocycles. The number of methoxy groups -OCH3 is 1. The minimum Gasteiger partial charge on any atom is -0.389 e. The number of halogens is 1. The molecular formula is C12H18BrNO2. The lowest BCUT2D eigenvalue weighted by Crippen LogP contribution is -2.31. The average Bonchev–Trinajstić information content (AvgIpc) is 2.27. The largest absolute Gasteiger partial charge is 0.389 e. The lowest BCUT2D eigenvalue weighted by atomic mass is 10.1. The molecule has 2 atom stereocenters. The van der Waals surface area contributed by atoms with Crippen molar-refractivity contribution in [2.45, 2.75) is 19.1 Å². The van der Waals surface area contributed by atoms with Crippen LogP contribution in [0.4, 0.5) is 0 Å². The van der Waals surface area contributed by atoms with E-state index in [1.165, 1.54) is 5.56 Å². The molecule has 90 valence electrons. The first-order valence-electron chi connectivity index (χ1n) is 5.29. The molecule has 1 aromatic rings. The van der Waals surface area contributed by atoms with Crippen molar-refractivity contribution < 1.29 is 9.84 Å². The lowest BCUT2D eigenvalue weighted by molar-refractivity contribution is 0.0630. The first kappa shape index (κ1) is 13.6. The molecule has 0 fully saturated rings. The standard InChI is InChI=1S/C12H18BrNO2/c1-9(14-7-12(15)8-16-2)10-3-5-11(13)6-4-10/h3-6,9,12,14-15H,7-8H2,1-2H3/t9-,12?/m1/s1. The molecule has 0 aliphatic rings. The third-order valence-corrected chi connectivity index (χ3v) is 2.92. The quantitative estimate of drug-likeness (QED) is 0.842. The van der Waals surface area contributed by atoms with Crippen LogP contribution in [0.1, 0.15) is 18.5 Å². The maximum Gasteiger partial charge on any atom is 0.0897 e. The number of rotatable bonds is 6. The lowest BCUT2D eigenvalue weighted by Gasteiger charge is -2.17. The summed E-state index contributed by atoms with van der Waals surface area (Å²) in [6, 6.07) is 8.37. The predicted octanol–water partition coefficient (Wildman–Crippen LogP) is 2.11. The third kappa shape index (κ3) is 4.61. The van der Waals surface area contributed by atoms with Crippen LogP contribution >= 0.6 is 15.9 Å². The highest BCUT2D eigenvalue weighted by Crippen LogP contribution is 2.16. The van der Waals surface area contributed by atoms with Gasteiger partial charge >= 0.3 is 0 Å². The fourth-order valence-corrected chi connectivity index (χ4v) is 1.70. The molecule has 0 spiro atoms. The van der Waals surface area contributed by atoms with E-state index in [4.69, 9.17) is 4.74 Å². The molecule has 0 aromatic heterocycles. The highest BCUT2D eigenvalue weighted by Gasteiger charge is 2.08. The van der Waals surface area contributed by atoms with Gasteiger partial charge in [0, 0.05) is 24.2 Å². The minimum atomic E-state index is -0.456. The molecule has 0 bridgehead atoms. The molecule has 1 aromatic carbocycles. The average molecular weight is 288 g/mol. The van der Waals surface area contributed by atoms with Crippen LogP contribution < -0.4 is 5.32 Å². The summed E-state index contributed by atoms with van der Waals surface area (Å²) in [4.78, 5) is 0. The first-order valence-corrected chi connectivity index (χ1v) is 6.08. The summed E-state index contributed by atoms with van der Waals surface area (Å²) in [5.74, 6) is 0. The van der Waals surface area contributed by atoms with Crippen LogP contribution in [-0.2, 0) is 4.74 Å². The molecule has 4 heteroatoms. The maximum atomic E-state index is 9.49. The Morgan fingerprint density at radius 2 is 2.00 bits per heavy atom. The molecule has 0 saturated carbocycles. The molecule has 0 radical (unpaired) electrons. The van der Waals surface area contributed by atoms with Gasteiger partial charge in [-0.1, -0.05) is 28.1 Å². The van der Waals surface area contributed by atoms with Crippen LogP contribution in [0.15, 0.2) is 28.7 Å². The van der Waals surface area contributed by atoms with Gasteiger partial charge in [0.05, 0.1) is 12.7 Å². The number of aliphatic hydroxyl groups is 1. The molecule has 0 aliphatic heterocycles. The van der Waals surface area contributed by atoms with Crippen molar-refractivity contribution in [3.05, 3.63) is 34.3 Å². The second kappa shape index (κ2) is 7.01. The summed E-state index contributed by atoms with van der Waals surface area (Å²) >= 11 is 3.40. The van der Waals surface area contributed by atoms with Crippen molar-refractivity contribution >= 4 is 15.9 Å². The Labute approximate surface area is 105 Å². The van der Waals surface area contributed by atoms with Crippen LogP contribution in [0.5, 0.6) is 0 Å². The van der Waals surface area contributed by atoms with E-state index in [1.807, 2.05) is 12.1 Å². The van der Waals surface area contributed by atoms with Gasteiger partial charge < -0.3 is 15.2 Å². The van der Waals surface area contributed by atoms with Crippen LogP contribution in [0.25, 0.3) is 0 Å². The van der Waals surface area contributed by atoms with Crippen molar-refractivity contribution in [3.8, 4) is 0 Å². The van der Waals surface area contributed by atoms with E-state index in [0.29, 0.717) is 13.2 Å². The highest BCUT2D eigenvalue weighted by molar-refractivity contribution is 9.10. The normalized spacial score (nSPS) is 14.8. The Kier molecular flexibility index (Phi) is 5.98. The Bertz CT molecular complexity index is 302. The monoisotopic (exact) mass is 287 g/mol. The number of nitrogens with one attached hydrogen (secondary N) is 1. The van der Waals surface area contributed by atoms with Gasteiger partial charge in [0.2, 0.25) is 0 Å². The Hall–Kier alpha value is -0.420. The Morgan fingerprint density at radius 3 is 2.56 bits per heavy atom. The highest BCUT2D eigenvalue weighted by atomic mass is 79.9. The van der Waals surface area contributed by atoms with Crippen molar-refractivity contribution in [1.29, 1.82) is 0 Å². The third-order valence-electron chi connectivity index (χ3n) is 2.39. The number of ether oxygens (including phenoxy) is 1.